The summed E-state index contributed by atoms with van der Waals surface area (Å²) in [5, 5.41) is 11.0. The zero-order valence-corrected chi connectivity index (χ0v) is 15.7. The number of pyridine rings is 2. The summed E-state index contributed by atoms with van der Waals surface area (Å²) in [6.07, 6.45) is 6.48. The Morgan fingerprint density at radius 2 is 1.93 bits per heavy atom. The van der Waals surface area contributed by atoms with Gasteiger partial charge in [-0.05, 0) is 61.4 Å². The van der Waals surface area contributed by atoms with E-state index in [1.54, 1.807) is 24.4 Å². The van der Waals surface area contributed by atoms with Crippen LogP contribution in [0.15, 0.2) is 54.7 Å². The predicted octanol–water partition coefficient (Wildman–Crippen LogP) is 4.80. The van der Waals surface area contributed by atoms with Crippen LogP contribution in [0.2, 0.25) is 0 Å². The molecule has 0 unspecified atom stereocenters. The Morgan fingerprint density at radius 1 is 1.10 bits per heavy atom. The van der Waals surface area contributed by atoms with E-state index < -0.39 is 0 Å². The summed E-state index contributed by atoms with van der Waals surface area (Å²) < 4.78 is 13.2. The molecule has 2 heterocycles. The summed E-state index contributed by atoms with van der Waals surface area (Å²) in [5.74, 6) is 0.240. The van der Waals surface area contributed by atoms with E-state index in [1.807, 2.05) is 24.3 Å². The molecule has 144 valence electrons. The third-order valence-electron chi connectivity index (χ3n) is 4.78. The Hall–Kier alpha value is -3.67. The maximum absolute atomic E-state index is 13.2. The molecule has 0 saturated carbocycles. The molecule has 1 aliphatic rings. The molecule has 2 N–H and O–H groups in total. The van der Waals surface area contributed by atoms with Crippen molar-refractivity contribution in [3.05, 3.63) is 83.1 Å². The van der Waals surface area contributed by atoms with Crippen LogP contribution in [0.25, 0.3) is 11.6 Å². The average molecular weight is 386 g/mol. The molecule has 29 heavy (non-hydrogen) atoms. The maximum Gasteiger partial charge on any atom is 0.163 e. The van der Waals surface area contributed by atoms with Crippen LogP contribution in [0.5, 0.6) is 0 Å². The van der Waals surface area contributed by atoms with Crippen molar-refractivity contribution >= 4 is 35.2 Å². The van der Waals surface area contributed by atoms with Gasteiger partial charge in [0.05, 0.1) is 11.4 Å². The lowest BCUT2D eigenvalue weighted by molar-refractivity contribution is -0.113. The Morgan fingerprint density at radius 3 is 2.66 bits per heavy atom. The largest absolute Gasteiger partial charge is 0.340 e. The number of Topliss-reactive ketones (excluding diaryl/α,β-unsaturated/α-hetero) is 1. The van der Waals surface area contributed by atoms with Gasteiger partial charge in [0, 0.05) is 41.2 Å². The first kappa shape index (κ1) is 18.7. The average Bonchev–Trinajstić information content (AvgIpc) is 2.88. The number of carbonyl (C=O) groups excluding carboxylic acids is 1. The highest BCUT2D eigenvalue weighted by molar-refractivity contribution is 6.26. The normalized spacial score (nSPS) is 14.9. The number of benzene rings is 1. The van der Waals surface area contributed by atoms with Gasteiger partial charge >= 0.3 is 0 Å². The van der Waals surface area contributed by atoms with Gasteiger partial charge in [0.15, 0.2) is 5.78 Å². The minimum atomic E-state index is -0.319. The lowest BCUT2D eigenvalue weighted by atomic mass is 9.98. The molecule has 0 fully saturated rings. The van der Waals surface area contributed by atoms with Crippen molar-refractivity contribution in [3.63, 3.8) is 0 Å². The number of fused-ring (bicyclic) bond motifs is 1. The van der Waals surface area contributed by atoms with Gasteiger partial charge in [-0.2, -0.15) is 0 Å². The maximum atomic E-state index is 13.2. The second-order valence-corrected chi connectivity index (χ2v) is 6.79. The van der Waals surface area contributed by atoms with Crippen LogP contribution >= 0.6 is 0 Å². The van der Waals surface area contributed by atoms with Crippen LogP contribution in [0, 0.1) is 11.2 Å². The molecule has 0 aliphatic heterocycles. The van der Waals surface area contributed by atoms with Crippen LogP contribution in [-0.4, -0.2) is 22.0 Å². The fourth-order valence-corrected chi connectivity index (χ4v) is 3.34. The number of rotatable bonds is 4. The molecule has 0 atom stereocenters. The van der Waals surface area contributed by atoms with Gasteiger partial charge in [0.2, 0.25) is 0 Å². The summed E-state index contributed by atoms with van der Waals surface area (Å²) in [6.45, 7) is 0. The number of aromatic nitrogens is 2. The minimum absolute atomic E-state index is 0.0476. The Bertz CT molecular complexity index is 1090. The molecule has 0 spiro atoms. The Kier molecular flexibility index (Phi) is 5.24. The van der Waals surface area contributed by atoms with Crippen molar-refractivity contribution in [2.75, 3.05) is 5.32 Å². The molecular weight excluding hydrogens is 367 g/mol. The Balaban J connectivity index is 1.79. The van der Waals surface area contributed by atoms with Crippen LogP contribution in [0.3, 0.4) is 0 Å². The fraction of sp³-hybridized carbons (Fsp3) is 0.130. The number of nitrogens with zero attached hydrogens (tertiary/aromatic N) is 2. The lowest BCUT2D eigenvalue weighted by Gasteiger charge is -2.14. The molecule has 0 amide bonds. The summed E-state index contributed by atoms with van der Waals surface area (Å²) >= 11 is 0. The summed E-state index contributed by atoms with van der Waals surface area (Å²) in [6, 6.07) is 13.3. The van der Waals surface area contributed by atoms with E-state index >= 15 is 0 Å². The number of anilines is 2. The van der Waals surface area contributed by atoms with Crippen LogP contribution in [0.4, 0.5) is 15.9 Å². The molecule has 3 aromatic rings. The first-order valence-electron chi connectivity index (χ1n) is 9.37. The number of aryl methyl sites for hydroxylation is 1. The zero-order chi connectivity index (χ0) is 20.2. The van der Waals surface area contributed by atoms with Crippen molar-refractivity contribution < 1.29 is 9.18 Å². The smallest absolute Gasteiger partial charge is 0.163 e. The first-order chi connectivity index (χ1) is 14.1. The lowest BCUT2D eigenvalue weighted by Crippen LogP contribution is -2.06. The molecule has 1 aliphatic carbocycles. The van der Waals surface area contributed by atoms with Gasteiger partial charge in [0.25, 0.3) is 0 Å². The van der Waals surface area contributed by atoms with Crippen LogP contribution in [-0.2, 0) is 11.2 Å². The zero-order valence-electron chi connectivity index (χ0n) is 15.7. The number of nitrogens with one attached hydrogen (secondary N) is 2. The van der Waals surface area contributed by atoms with E-state index in [-0.39, 0.29) is 11.6 Å². The van der Waals surface area contributed by atoms with Gasteiger partial charge in [0.1, 0.15) is 11.6 Å². The van der Waals surface area contributed by atoms with Crippen molar-refractivity contribution in [2.24, 2.45) is 0 Å². The Labute approximate surface area is 167 Å². The third kappa shape index (κ3) is 4.11. The molecule has 4 rings (SSSR count). The second-order valence-electron chi connectivity index (χ2n) is 6.79. The number of ketones is 1. The van der Waals surface area contributed by atoms with E-state index in [4.69, 9.17) is 10.4 Å². The molecule has 0 radical (unpaired) electrons. The summed E-state index contributed by atoms with van der Waals surface area (Å²) in [5.41, 5.74) is 4.04. The summed E-state index contributed by atoms with van der Waals surface area (Å²) in [7, 11) is 0. The molecule has 0 bridgehead atoms. The fourth-order valence-electron chi connectivity index (χ4n) is 3.34. The minimum Gasteiger partial charge on any atom is -0.340 e. The summed E-state index contributed by atoms with van der Waals surface area (Å²) in [4.78, 5) is 21.8. The van der Waals surface area contributed by atoms with Crippen molar-refractivity contribution in [1.82, 2.24) is 9.97 Å². The van der Waals surface area contributed by atoms with E-state index in [2.05, 4.69) is 10.3 Å². The van der Waals surface area contributed by atoms with E-state index in [0.29, 0.717) is 47.6 Å². The molecule has 0 saturated heterocycles. The predicted molar refractivity (Wildman–Crippen MR) is 112 cm³/mol. The van der Waals surface area contributed by atoms with Crippen molar-refractivity contribution in [2.45, 2.75) is 19.3 Å². The van der Waals surface area contributed by atoms with Gasteiger partial charge in [-0.15, -0.1) is 0 Å². The van der Waals surface area contributed by atoms with E-state index in [9.17, 15) is 9.18 Å². The second kappa shape index (κ2) is 8.14. The molecule has 6 heteroatoms. The van der Waals surface area contributed by atoms with Gasteiger partial charge in [-0.1, -0.05) is 6.07 Å². The molecule has 2 aromatic heterocycles. The number of hydrogen-bond donors (Lipinski definition) is 2. The first-order valence-corrected chi connectivity index (χ1v) is 9.37. The highest BCUT2D eigenvalue weighted by atomic mass is 19.1. The van der Waals surface area contributed by atoms with Crippen molar-refractivity contribution in [3.8, 4) is 0 Å². The van der Waals surface area contributed by atoms with Crippen molar-refractivity contribution in [1.29, 1.82) is 5.41 Å². The van der Waals surface area contributed by atoms with Gasteiger partial charge in [-0.3, -0.25) is 9.78 Å². The number of allylic oxidation sites excluding steroid dienone is 1. The number of hydrogen-bond acceptors (Lipinski definition) is 5. The topological polar surface area (TPSA) is 78.7 Å². The highest BCUT2D eigenvalue weighted by Crippen LogP contribution is 2.31. The number of halogens is 1. The third-order valence-corrected chi connectivity index (χ3v) is 4.78. The standard InChI is InChI=1S/C23H19FN4O/c24-16-7-9-17(10-8-16)27-23-15(14-25)12-19-20(13-18-4-1-2-11-26-18)22(29)6-3-5-21(19)28-23/h1-2,4,7-14,25H,3,5-6H2,(H,27,28)/b20-13+,25-14?. The van der Waals surface area contributed by atoms with Crippen LogP contribution in [0.1, 0.15) is 35.4 Å². The molecule has 5 nitrogen and oxygen atoms in total. The van der Waals surface area contributed by atoms with Gasteiger partial charge < -0.3 is 10.7 Å². The van der Waals surface area contributed by atoms with E-state index in [0.717, 1.165) is 11.3 Å². The molecular formula is C23H19FN4O. The van der Waals surface area contributed by atoms with E-state index in [1.165, 1.54) is 18.3 Å². The SMILES string of the molecule is N=Cc1cc2c(nc1Nc1ccc(F)cc1)CCCC(=O)/C2=C/c1ccccn1. The number of carbonyl (C=O) groups is 1. The molecule has 1 aromatic carbocycles. The highest BCUT2D eigenvalue weighted by Gasteiger charge is 2.22. The van der Waals surface area contributed by atoms with Gasteiger partial charge in [-0.25, -0.2) is 9.37 Å². The van der Waals surface area contributed by atoms with Crippen LogP contribution < -0.4 is 5.32 Å². The quantitative estimate of drug-likeness (QED) is 0.383. The monoisotopic (exact) mass is 386 g/mol.